The monoisotopic (exact) mass is 356 g/mol. The van der Waals surface area contributed by atoms with Gasteiger partial charge in [0.25, 0.3) is 0 Å². The summed E-state index contributed by atoms with van der Waals surface area (Å²) in [6.45, 7) is 4.51. The van der Waals surface area contributed by atoms with Crippen LogP contribution in [0.1, 0.15) is 30.4 Å². The average Bonchev–Trinajstić information content (AvgIpc) is 3.05. The van der Waals surface area contributed by atoms with Gasteiger partial charge in [-0.25, -0.2) is 0 Å². The molecular formula is C22H29ClN2. The predicted octanol–water partition coefficient (Wildman–Crippen LogP) is 4.87. The summed E-state index contributed by atoms with van der Waals surface area (Å²) in [6, 6.07) is 19.9. The van der Waals surface area contributed by atoms with Gasteiger partial charge in [0.2, 0.25) is 0 Å². The van der Waals surface area contributed by atoms with Crippen LogP contribution in [0.3, 0.4) is 0 Å². The molecule has 2 aromatic carbocycles. The van der Waals surface area contributed by atoms with Crippen LogP contribution in [0, 0.1) is 0 Å². The minimum absolute atomic E-state index is 0.754. The van der Waals surface area contributed by atoms with Gasteiger partial charge in [0.15, 0.2) is 0 Å². The summed E-state index contributed by atoms with van der Waals surface area (Å²) in [5.41, 5.74) is 2.76. The van der Waals surface area contributed by atoms with Gasteiger partial charge in [-0.05, 0) is 69.1 Å². The highest BCUT2D eigenvalue weighted by molar-refractivity contribution is 6.30. The Morgan fingerprint density at radius 2 is 1.76 bits per heavy atom. The Hall–Kier alpha value is -1.35. The van der Waals surface area contributed by atoms with E-state index in [9.17, 15) is 0 Å². The zero-order chi connectivity index (χ0) is 17.5. The number of hydrogen-bond acceptors (Lipinski definition) is 2. The van der Waals surface area contributed by atoms with Gasteiger partial charge in [-0.15, -0.1) is 0 Å². The summed E-state index contributed by atoms with van der Waals surface area (Å²) in [4.78, 5) is 5.13. The van der Waals surface area contributed by atoms with Gasteiger partial charge in [0.1, 0.15) is 0 Å². The normalized spacial score (nSPS) is 18.1. The molecule has 0 aliphatic carbocycles. The van der Waals surface area contributed by atoms with E-state index in [4.69, 9.17) is 11.6 Å². The summed E-state index contributed by atoms with van der Waals surface area (Å²) in [6.07, 6.45) is 5.07. The first-order valence-electron chi connectivity index (χ1n) is 9.41. The lowest BCUT2D eigenvalue weighted by Crippen LogP contribution is -2.33. The van der Waals surface area contributed by atoms with Gasteiger partial charge >= 0.3 is 0 Å². The first kappa shape index (κ1) is 18.4. The van der Waals surface area contributed by atoms with Crippen LogP contribution in [0.15, 0.2) is 54.6 Å². The minimum Gasteiger partial charge on any atom is -0.303 e. The van der Waals surface area contributed by atoms with Crippen LogP contribution < -0.4 is 0 Å². The second-order valence-electron chi connectivity index (χ2n) is 7.20. The molecule has 3 heteroatoms. The fraction of sp³-hybridized carbons (Fsp3) is 0.455. The second-order valence-corrected chi connectivity index (χ2v) is 7.64. The Morgan fingerprint density at radius 1 is 1.00 bits per heavy atom. The SMILES string of the molecule is CN1CCC[C@H]1CCN(CCc1ccccc1)Cc1ccc(Cl)cc1. The highest BCUT2D eigenvalue weighted by atomic mass is 35.5. The topological polar surface area (TPSA) is 6.48 Å². The van der Waals surface area contributed by atoms with Crippen molar-refractivity contribution in [2.45, 2.75) is 38.3 Å². The van der Waals surface area contributed by atoms with Gasteiger partial charge < -0.3 is 4.90 Å². The van der Waals surface area contributed by atoms with Gasteiger partial charge in [0, 0.05) is 24.2 Å². The lowest BCUT2D eigenvalue weighted by atomic mass is 10.1. The molecule has 3 rings (SSSR count). The third kappa shape index (κ3) is 5.85. The van der Waals surface area contributed by atoms with Gasteiger partial charge in [-0.2, -0.15) is 0 Å². The second kappa shape index (κ2) is 9.38. The van der Waals surface area contributed by atoms with E-state index in [0.717, 1.165) is 37.1 Å². The predicted molar refractivity (Wildman–Crippen MR) is 107 cm³/mol. The minimum atomic E-state index is 0.754. The Balaban J connectivity index is 1.58. The van der Waals surface area contributed by atoms with E-state index in [-0.39, 0.29) is 0 Å². The maximum Gasteiger partial charge on any atom is 0.0406 e. The fourth-order valence-corrected chi connectivity index (χ4v) is 3.85. The molecule has 1 saturated heterocycles. The molecule has 0 spiro atoms. The van der Waals surface area contributed by atoms with E-state index in [1.807, 2.05) is 12.1 Å². The van der Waals surface area contributed by atoms with E-state index in [1.165, 1.54) is 36.9 Å². The van der Waals surface area contributed by atoms with Gasteiger partial charge in [-0.3, -0.25) is 4.90 Å². The van der Waals surface area contributed by atoms with E-state index in [0.29, 0.717) is 0 Å². The fourth-order valence-electron chi connectivity index (χ4n) is 3.73. The molecule has 134 valence electrons. The molecule has 2 aromatic rings. The van der Waals surface area contributed by atoms with Crippen molar-refractivity contribution in [2.24, 2.45) is 0 Å². The van der Waals surface area contributed by atoms with Crippen LogP contribution in [0.4, 0.5) is 0 Å². The molecule has 0 radical (unpaired) electrons. The van der Waals surface area contributed by atoms with Crippen molar-refractivity contribution in [3.05, 3.63) is 70.7 Å². The molecular weight excluding hydrogens is 328 g/mol. The highest BCUT2D eigenvalue weighted by Gasteiger charge is 2.21. The van der Waals surface area contributed by atoms with Crippen molar-refractivity contribution in [3.63, 3.8) is 0 Å². The Kier molecular flexibility index (Phi) is 6.92. The van der Waals surface area contributed by atoms with Crippen LogP contribution >= 0.6 is 11.6 Å². The van der Waals surface area contributed by atoms with E-state index >= 15 is 0 Å². The third-order valence-corrected chi connectivity index (χ3v) is 5.58. The molecule has 1 atom stereocenters. The Bertz CT molecular complexity index is 626. The summed E-state index contributed by atoms with van der Waals surface area (Å²) < 4.78 is 0. The first-order valence-corrected chi connectivity index (χ1v) is 9.79. The van der Waals surface area contributed by atoms with E-state index < -0.39 is 0 Å². The molecule has 0 N–H and O–H groups in total. The molecule has 0 aromatic heterocycles. The van der Waals surface area contributed by atoms with Crippen LogP contribution in [0.25, 0.3) is 0 Å². The lowest BCUT2D eigenvalue weighted by molar-refractivity contribution is 0.219. The molecule has 2 nitrogen and oxygen atoms in total. The number of halogens is 1. The number of likely N-dealkylation sites (tertiary alicyclic amines) is 1. The summed E-state index contributed by atoms with van der Waals surface area (Å²) >= 11 is 6.03. The molecule has 0 amide bonds. The zero-order valence-corrected chi connectivity index (χ0v) is 16.0. The van der Waals surface area contributed by atoms with Crippen LogP contribution in [-0.4, -0.2) is 42.5 Å². The van der Waals surface area contributed by atoms with E-state index in [1.54, 1.807) is 0 Å². The van der Waals surface area contributed by atoms with Crippen molar-refractivity contribution in [1.82, 2.24) is 9.80 Å². The number of rotatable bonds is 8. The average molecular weight is 357 g/mol. The molecule has 0 saturated carbocycles. The third-order valence-electron chi connectivity index (χ3n) is 5.33. The molecule has 1 heterocycles. The van der Waals surface area contributed by atoms with Crippen molar-refractivity contribution in [1.29, 1.82) is 0 Å². The van der Waals surface area contributed by atoms with E-state index in [2.05, 4.69) is 59.3 Å². The molecule has 25 heavy (non-hydrogen) atoms. The Labute approximate surface area is 157 Å². The van der Waals surface area contributed by atoms with Crippen molar-refractivity contribution in [3.8, 4) is 0 Å². The smallest absolute Gasteiger partial charge is 0.0406 e. The van der Waals surface area contributed by atoms with Crippen molar-refractivity contribution >= 4 is 11.6 Å². The molecule has 1 aliphatic rings. The van der Waals surface area contributed by atoms with Gasteiger partial charge in [0.05, 0.1) is 0 Å². The number of nitrogens with zero attached hydrogens (tertiary/aromatic N) is 2. The van der Waals surface area contributed by atoms with Crippen LogP contribution in [0.2, 0.25) is 5.02 Å². The van der Waals surface area contributed by atoms with Crippen molar-refractivity contribution in [2.75, 3.05) is 26.7 Å². The maximum absolute atomic E-state index is 6.03. The molecule has 0 bridgehead atoms. The Morgan fingerprint density at radius 3 is 2.44 bits per heavy atom. The molecule has 1 fully saturated rings. The van der Waals surface area contributed by atoms with Gasteiger partial charge in [-0.1, -0.05) is 54.1 Å². The summed E-state index contributed by atoms with van der Waals surface area (Å²) in [5.74, 6) is 0. The van der Waals surface area contributed by atoms with Crippen LogP contribution in [0.5, 0.6) is 0 Å². The van der Waals surface area contributed by atoms with Crippen LogP contribution in [-0.2, 0) is 13.0 Å². The quantitative estimate of drug-likeness (QED) is 0.665. The summed E-state index contributed by atoms with van der Waals surface area (Å²) in [7, 11) is 2.27. The van der Waals surface area contributed by atoms with Crippen molar-refractivity contribution < 1.29 is 0 Å². The number of benzene rings is 2. The first-order chi connectivity index (χ1) is 12.2. The standard InChI is InChI=1S/C22H29ClN2/c1-24-15-5-8-22(24)14-17-25(16-13-19-6-3-2-4-7-19)18-20-9-11-21(23)12-10-20/h2-4,6-7,9-12,22H,5,8,13-18H2,1H3/t22-/m0/s1. The largest absolute Gasteiger partial charge is 0.303 e. The maximum atomic E-state index is 6.03. The number of hydrogen-bond donors (Lipinski definition) is 0. The lowest BCUT2D eigenvalue weighted by Gasteiger charge is -2.26. The molecule has 1 aliphatic heterocycles. The molecule has 0 unspecified atom stereocenters. The zero-order valence-electron chi connectivity index (χ0n) is 15.2. The summed E-state index contributed by atoms with van der Waals surface area (Å²) in [5, 5.41) is 0.812. The highest BCUT2D eigenvalue weighted by Crippen LogP contribution is 2.19.